The monoisotopic (exact) mass is 394 g/mol. The van der Waals surface area contributed by atoms with Crippen molar-refractivity contribution in [1.82, 2.24) is 5.32 Å². The van der Waals surface area contributed by atoms with Gasteiger partial charge < -0.3 is 15.4 Å². The van der Waals surface area contributed by atoms with Crippen LogP contribution in [0.1, 0.15) is 27.1 Å². The molecule has 0 radical (unpaired) electrons. The maximum Gasteiger partial charge on any atom is 0.255 e. The quantitative estimate of drug-likeness (QED) is 0.615. The third-order valence-corrected chi connectivity index (χ3v) is 4.11. The molecule has 0 saturated carbocycles. The van der Waals surface area contributed by atoms with E-state index in [9.17, 15) is 14.0 Å². The Morgan fingerprint density at radius 1 is 1.14 bits per heavy atom. The highest BCUT2D eigenvalue weighted by atomic mass is 19.1. The van der Waals surface area contributed by atoms with Gasteiger partial charge in [0.2, 0.25) is 0 Å². The van der Waals surface area contributed by atoms with E-state index in [1.807, 2.05) is 6.08 Å². The Bertz CT molecular complexity index is 951. The second-order valence-corrected chi connectivity index (χ2v) is 6.03. The average Bonchev–Trinajstić information content (AvgIpc) is 2.73. The van der Waals surface area contributed by atoms with Crippen molar-refractivity contribution in [3.63, 3.8) is 0 Å². The minimum atomic E-state index is -0.550. The zero-order chi connectivity index (χ0) is 21.2. The zero-order valence-corrected chi connectivity index (χ0v) is 16.2. The molecular formula is C23H23FN2O3. The highest BCUT2D eigenvalue weighted by Crippen LogP contribution is 2.29. The fraction of sp³-hybridized carbons (Fsp3) is 0.130. The van der Waals surface area contributed by atoms with Crippen molar-refractivity contribution < 1.29 is 18.7 Å². The number of amides is 2. The lowest BCUT2D eigenvalue weighted by Crippen LogP contribution is -2.26. The first-order chi connectivity index (χ1) is 14.0. The smallest absolute Gasteiger partial charge is 0.255 e. The van der Waals surface area contributed by atoms with Crippen LogP contribution in [0.25, 0.3) is 0 Å². The number of ether oxygens (including phenoxy) is 1. The molecule has 0 unspecified atom stereocenters. The van der Waals surface area contributed by atoms with Crippen LogP contribution in [0.4, 0.5) is 10.1 Å². The number of halogens is 1. The van der Waals surface area contributed by atoms with Crippen molar-refractivity contribution >= 4 is 17.5 Å². The van der Waals surface area contributed by atoms with E-state index in [0.29, 0.717) is 18.7 Å². The highest BCUT2D eigenvalue weighted by Gasteiger charge is 2.18. The molecule has 5 nitrogen and oxygen atoms in total. The van der Waals surface area contributed by atoms with Crippen molar-refractivity contribution in [3.8, 4) is 5.75 Å². The number of allylic oxidation sites excluding steroid dienone is 3. The maximum absolute atomic E-state index is 13.4. The van der Waals surface area contributed by atoms with Gasteiger partial charge in [-0.25, -0.2) is 4.39 Å². The SMILES string of the molecule is C=C/C=C(\C=C)CCNC(=O)c1cccc(OC)c1NC(=O)c1cccc(F)c1. The van der Waals surface area contributed by atoms with Gasteiger partial charge in [-0.05, 0) is 42.3 Å². The summed E-state index contributed by atoms with van der Waals surface area (Å²) in [6.45, 7) is 7.73. The van der Waals surface area contributed by atoms with Gasteiger partial charge in [-0.15, -0.1) is 0 Å². The van der Waals surface area contributed by atoms with Crippen LogP contribution in [0.2, 0.25) is 0 Å². The molecule has 2 aromatic carbocycles. The minimum absolute atomic E-state index is 0.132. The summed E-state index contributed by atoms with van der Waals surface area (Å²) in [7, 11) is 1.44. The van der Waals surface area contributed by atoms with Gasteiger partial charge in [-0.2, -0.15) is 0 Å². The molecular weight excluding hydrogens is 371 g/mol. The molecule has 0 spiro atoms. The van der Waals surface area contributed by atoms with Gasteiger partial charge in [-0.1, -0.05) is 43.5 Å². The number of methoxy groups -OCH3 is 1. The van der Waals surface area contributed by atoms with E-state index in [4.69, 9.17) is 4.74 Å². The zero-order valence-electron chi connectivity index (χ0n) is 16.2. The predicted molar refractivity (Wildman–Crippen MR) is 113 cm³/mol. The molecule has 2 N–H and O–H groups in total. The van der Waals surface area contributed by atoms with E-state index < -0.39 is 11.7 Å². The van der Waals surface area contributed by atoms with E-state index in [1.54, 1.807) is 30.4 Å². The lowest BCUT2D eigenvalue weighted by molar-refractivity contribution is 0.0955. The van der Waals surface area contributed by atoms with E-state index in [0.717, 1.165) is 11.6 Å². The molecule has 0 heterocycles. The lowest BCUT2D eigenvalue weighted by atomic mass is 10.1. The Kier molecular flexibility index (Phi) is 7.91. The molecule has 0 saturated heterocycles. The number of hydrogen-bond donors (Lipinski definition) is 2. The van der Waals surface area contributed by atoms with E-state index in [1.165, 1.54) is 25.3 Å². The van der Waals surface area contributed by atoms with Gasteiger partial charge in [0, 0.05) is 12.1 Å². The standard InChI is InChI=1S/C23H23FN2O3/c1-4-8-16(5-2)13-14-25-23(28)19-11-7-12-20(29-3)21(19)26-22(27)17-9-6-10-18(24)15-17/h4-12,15H,1-2,13-14H2,3H3,(H,25,28)(H,26,27)/b16-8+. The number of nitrogens with one attached hydrogen (secondary N) is 2. The molecule has 0 aliphatic carbocycles. The van der Waals surface area contributed by atoms with E-state index in [2.05, 4.69) is 23.8 Å². The molecule has 2 aromatic rings. The number of rotatable bonds is 9. The summed E-state index contributed by atoms with van der Waals surface area (Å²) >= 11 is 0. The molecule has 0 fully saturated rings. The van der Waals surface area contributed by atoms with Crippen LogP contribution in [0.3, 0.4) is 0 Å². The van der Waals surface area contributed by atoms with Gasteiger partial charge in [0.15, 0.2) is 0 Å². The summed E-state index contributed by atoms with van der Waals surface area (Å²) in [5.41, 5.74) is 1.52. The molecule has 0 bridgehead atoms. The number of carbonyl (C=O) groups is 2. The molecule has 0 aliphatic rings. The van der Waals surface area contributed by atoms with Crippen molar-refractivity contribution in [3.05, 3.63) is 96.4 Å². The normalized spacial score (nSPS) is 10.8. The first kappa shape index (κ1) is 21.6. The number of para-hydroxylation sites is 1. The Balaban J connectivity index is 2.21. The van der Waals surface area contributed by atoms with Crippen LogP contribution in [-0.4, -0.2) is 25.5 Å². The van der Waals surface area contributed by atoms with Gasteiger partial charge in [0.05, 0.1) is 18.4 Å². The van der Waals surface area contributed by atoms with Crippen LogP contribution in [0.5, 0.6) is 5.75 Å². The number of carbonyl (C=O) groups excluding carboxylic acids is 2. The number of anilines is 1. The van der Waals surface area contributed by atoms with Crippen LogP contribution in [0, 0.1) is 5.82 Å². The summed E-state index contributed by atoms with van der Waals surface area (Å²) in [6, 6.07) is 10.1. The van der Waals surface area contributed by atoms with Gasteiger partial charge in [-0.3, -0.25) is 9.59 Å². The van der Waals surface area contributed by atoms with Crippen molar-refractivity contribution in [1.29, 1.82) is 0 Å². The topological polar surface area (TPSA) is 67.4 Å². The van der Waals surface area contributed by atoms with Gasteiger partial charge in [0.25, 0.3) is 11.8 Å². The summed E-state index contributed by atoms with van der Waals surface area (Å²) in [5, 5.41) is 5.46. The summed E-state index contributed by atoms with van der Waals surface area (Å²) in [6.07, 6.45) is 5.75. The second kappa shape index (κ2) is 10.6. The summed E-state index contributed by atoms with van der Waals surface area (Å²) in [4.78, 5) is 25.2. The highest BCUT2D eigenvalue weighted by molar-refractivity contribution is 6.10. The minimum Gasteiger partial charge on any atom is -0.495 e. The Labute approximate surface area is 169 Å². The Morgan fingerprint density at radius 3 is 2.55 bits per heavy atom. The number of hydrogen-bond acceptors (Lipinski definition) is 3. The van der Waals surface area contributed by atoms with Gasteiger partial charge >= 0.3 is 0 Å². The molecule has 2 rings (SSSR count). The molecule has 0 atom stereocenters. The van der Waals surface area contributed by atoms with Crippen LogP contribution < -0.4 is 15.4 Å². The maximum atomic E-state index is 13.4. The third-order valence-electron chi connectivity index (χ3n) is 4.11. The lowest BCUT2D eigenvalue weighted by Gasteiger charge is -2.15. The molecule has 6 heteroatoms. The second-order valence-electron chi connectivity index (χ2n) is 6.03. The van der Waals surface area contributed by atoms with Crippen LogP contribution in [0.15, 0.2) is 79.4 Å². The fourth-order valence-electron chi connectivity index (χ4n) is 2.66. The van der Waals surface area contributed by atoms with Crippen molar-refractivity contribution in [2.75, 3.05) is 19.0 Å². The largest absolute Gasteiger partial charge is 0.495 e. The molecule has 0 aromatic heterocycles. The Morgan fingerprint density at radius 2 is 1.90 bits per heavy atom. The first-order valence-electron chi connectivity index (χ1n) is 8.96. The molecule has 29 heavy (non-hydrogen) atoms. The van der Waals surface area contributed by atoms with E-state index >= 15 is 0 Å². The predicted octanol–water partition coefficient (Wildman–Crippen LogP) is 4.50. The summed E-state index contributed by atoms with van der Waals surface area (Å²) in [5.74, 6) is -1.13. The van der Waals surface area contributed by atoms with Crippen LogP contribution in [-0.2, 0) is 0 Å². The molecule has 0 aliphatic heterocycles. The molecule has 150 valence electrons. The number of benzene rings is 2. The van der Waals surface area contributed by atoms with Crippen molar-refractivity contribution in [2.45, 2.75) is 6.42 Å². The third kappa shape index (κ3) is 5.90. The average molecular weight is 394 g/mol. The van der Waals surface area contributed by atoms with Crippen LogP contribution >= 0.6 is 0 Å². The molecule has 2 amide bonds. The van der Waals surface area contributed by atoms with Crippen molar-refractivity contribution in [2.24, 2.45) is 0 Å². The van der Waals surface area contributed by atoms with Gasteiger partial charge in [0.1, 0.15) is 11.6 Å². The fourth-order valence-corrected chi connectivity index (χ4v) is 2.66. The first-order valence-corrected chi connectivity index (χ1v) is 8.96. The summed E-state index contributed by atoms with van der Waals surface area (Å²) < 4.78 is 18.7. The van der Waals surface area contributed by atoms with E-state index in [-0.39, 0.29) is 22.7 Å². The Hall–Kier alpha value is -3.67.